The Labute approximate surface area is 165 Å². The highest BCUT2D eigenvalue weighted by atomic mass is 16.5. The van der Waals surface area contributed by atoms with Gasteiger partial charge in [0.05, 0.1) is 19.3 Å². The van der Waals surface area contributed by atoms with E-state index in [9.17, 15) is 9.59 Å². The van der Waals surface area contributed by atoms with Crippen LogP contribution in [-0.4, -0.2) is 43.5 Å². The second-order valence-electron chi connectivity index (χ2n) is 7.15. The Kier molecular flexibility index (Phi) is 6.53. The fraction of sp³-hybridized carbons (Fsp3) is 0.364. The number of carbonyl (C=O) groups excluding carboxylic acids is 2. The van der Waals surface area contributed by atoms with E-state index in [1.165, 1.54) is 0 Å². The Morgan fingerprint density at radius 3 is 2.43 bits per heavy atom. The SMILES string of the molecule is COc1ccccc1NCC(=O)Nc1ccc(C(=O)N2CCC(C)CC2)cc1. The largest absolute Gasteiger partial charge is 0.495 e. The Morgan fingerprint density at radius 1 is 1.07 bits per heavy atom. The molecule has 0 aromatic heterocycles. The first-order chi connectivity index (χ1) is 13.6. The fourth-order valence-electron chi connectivity index (χ4n) is 3.26. The van der Waals surface area contributed by atoms with Crippen molar-refractivity contribution in [1.29, 1.82) is 0 Å². The monoisotopic (exact) mass is 381 g/mol. The van der Waals surface area contributed by atoms with Crippen LogP contribution in [-0.2, 0) is 4.79 Å². The van der Waals surface area contributed by atoms with Crippen molar-refractivity contribution in [2.75, 3.05) is 37.4 Å². The highest BCUT2D eigenvalue weighted by molar-refractivity contribution is 5.96. The smallest absolute Gasteiger partial charge is 0.253 e. The average molecular weight is 381 g/mol. The molecule has 6 heteroatoms. The van der Waals surface area contributed by atoms with Gasteiger partial charge in [0.2, 0.25) is 5.91 Å². The normalized spacial score (nSPS) is 14.4. The lowest BCUT2D eigenvalue weighted by molar-refractivity contribution is -0.114. The molecule has 0 radical (unpaired) electrons. The van der Waals surface area contributed by atoms with Crippen molar-refractivity contribution in [2.45, 2.75) is 19.8 Å². The number of ether oxygens (including phenoxy) is 1. The minimum absolute atomic E-state index is 0.0580. The number of benzene rings is 2. The second kappa shape index (κ2) is 9.26. The molecule has 1 aliphatic heterocycles. The quantitative estimate of drug-likeness (QED) is 0.802. The van der Waals surface area contributed by atoms with Gasteiger partial charge in [0.15, 0.2) is 0 Å². The third-order valence-corrected chi connectivity index (χ3v) is 5.03. The lowest BCUT2D eigenvalue weighted by atomic mass is 9.98. The number of amides is 2. The van der Waals surface area contributed by atoms with Gasteiger partial charge in [-0.1, -0.05) is 19.1 Å². The summed E-state index contributed by atoms with van der Waals surface area (Å²) in [5.74, 6) is 1.26. The molecule has 148 valence electrons. The number of nitrogens with one attached hydrogen (secondary N) is 2. The minimum atomic E-state index is -0.171. The molecule has 0 spiro atoms. The van der Waals surface area contributed by atoms with Crippen LogP contribution in [0.4, 0.5) is 11.4 Å². The van der Waals surface area contributed by atoms with Gasteiger partial charge >= 0.3 is 0 Å². The van der Waals surface area contributed by atoms with Crippen molar-refractivity contribution in [2.24, 2.45) is 5.92 Å². The maximum absolute atomic E-state index is 12.6. The molecular weight excluding hydrogens is 354 g/mol. The zero-order chi connectivity index (χ0) is 19.9. The standard InChI is InChI=1S/C22H27N3O3/c1-16-11-13-25(14-12-16)22(27)17-7-9-18(10-8-17)24-21(26)15-23-19-5-3-4-6-20(19)28-2/h3-10,16,23H,11-15H2,1-2H3,(H,24,26). The third-order valence-electron chi connectivity index (χ3n) is 5.03. The molecule has 1 aliphatic rings. The highest BCUT2D eigenvalue weighted by Gasteiger charge is 2.21. The Balaban J connectivity index is 1.52. The molecule has 1 heterocycles. The van der Waals surface area contributed by atoms with Gasteiger partial charge in [-0.05, 0) is 55.2 Å². The van der Waals surface area contributed by atoms with Crippen molar-refractivity contribution >= 4 is 23.2 Å². The van der Waals surface area contributed by atoms with Crippen LogP contribution in [0.5, 0.6) is 5.75 Å². The molecule has 0 saturated carbocycles. The number of hydrogen-bond donors (Lipinski definition) is 2. The molecule has 2 amide bonds. The Hall–Kier alpha value is -3.02. The molecule has 28 heavy (non-hydrogen) atoms. The predicted octanol–water partition coefficient (Wildman–Crippen LogP) is 3.62. The van der Waals surface area contributed by atoms with Crippen LogP contribution in [0.15, 0.2) is 48.5 Å². The Bertz CT molecular complexity index is 812. The van der Waals surface area contributed by atoms with Gasteiger partial charge in [0.1, 0.15) is 5.75 Å². The fourth-order valence-corrected chi connectivity index (χ4v) is 3.26. The van der Waals surface area contributed by atoms with Crippen molar-refractivity contribution in [3.63, 3.8) is 0 Å². The summed E-state index contributed by atoms with van der Waals surface area (Å²) in [5.41, 5.74) is 2.08. The number of nitrogens with zero attached hydrogens (tertiary/aromatic N) is 1. The van der Waals surface area contributed by atoms with Gasteiger partial charge in [-0.25, -0.2) is 0 Å². The van der Waals surface area contributed by atoms with E-state index in [-0.39, 0.29) is 18.4 Å². The van der Waals surface area contributed by atoms with Gasteiger partial charge < -0.3 is 20.3 Å². The molecule has 1 saturated heterocycles. The molecule has 1 fully saturated rings. The summed E-state index contributed by atoms with van der Waals surface area (Å²) in [6, 6.07) is 14.5. The number of hydrogen-bond acceptors (Lipinski definition) is 4. The molecule has 3 rings (SSSR count). The van der Waals surface area contributed by atoms with Crippen LogP contribution < -0.4 is 15.4 Å². The van der Waals surface area contributed by atoms with Crippen LogP contribution in [0.1, 0.15) is 30.1 Å². The summed E-state index contributed by atoms with van der Waals surface area (Å²) in [7, 11) is 1.59. The van der Waals surface area contributed by atoms with Crippen molar-refractivity contribution < 1.29 is 14.3 Å². The first-order valence-electron chi connectivity index (χ1n) is 9.63. The topological polar surface area (TPSA) is 70.7 Å². The number of likely N-dealkylation sites (tertiary alicyclic amines) is 1. The number of piperidine rings is 1. The molecule has 6 nitrogen and oxygen atoms in total. The molecule has 2 aromatic rings. The Morgan fingerprint density at radius 2 is 1.75 bits per heavy atom. The van der Waals surface area contributed by atoms with Gasteiger partial charge in [-0.15, -0.1) is 0 Å². The van der Waals surface area contributed by atoms with Crippen LogP contribution >= 0.6 is 0 Å². The molecule has 0 aliphatic carbocycles. The summed E-state index contributed by atoms with van der Waals surface area (Å²) in [6.45, 7) is 3.97. The molecule has 0 atom stereocenters. The van der Waals surface area contributed by atoms with Crippen LogP contribution in [0.3, 0.4) is 0 Å². The zero-order valence-corrected chi connectivity index (χ0v) is 16.4. The van der Waals surface area contributed by atoms with E-state index in [2.05, 4.69) is 17.6 Å². The lowest BCUT2D eigenvalue weighted by Crippen LogP contribution is -2.37. The van der Waals surface area contributed by atoms with E-state index in [0.29, 0.717) is 22.9 Å². The summed E-state index contributed by atoms with van der Waals surface area (Å²) < 4.78 is 5.26. The van der Waals surface area contributed by atoms with E-state index < -0.39 is 0 Å². The molecule has 0 unspecified atom stereocenters. The van der Waals surface area contributed by atoms with Gasteiger partial charge in [-0.2, -0.15) is 0 Å². The second-order valence-corrected chi connectivity index (χ2v) is 7.15. The summed E-state index contributed by atoms with van der Waals surface area (Å²) in [4.78, 5) is 26.7. The van der Waals surface area contributed by atoms with E-state index in [4.69, 9.17) is 4.74 Å². The zero-order valence-electron chi connectivity index (χ0n) is 16.4. The lowest BCUT2D eigenvalue weighted by Gasteiger charge is -2.30. The molecule has 2 aromatic carbocycles. The van der Waals surface area contributed by atoms with Gasteiger partial charge in [0, 0.05) is 24.3 Å². The van der Waals surface area contributed by atoms with Crippen molar-refractivity contribution in [3.8, 4) is 5.75 Å². The van der Waals surface area contributed by atoms with Crippen LogP contribution in [0.25, 0.3) is 0 Å². The number of rotatable bonds is 6. The van der Waals surface area contributed by atoms with Crippen LogP contribution in [0, 0.1) is 5.92 Å². The number of anilines is 2. The molecule has 0 bridgehead atoms. The first-order valence-corrected chi connectivity index (χ1v) is 9.63. The van der Waals surface area contributed by atoms with E-state index in [1.807, 2.05) is 29.2 Å². The first kappa shape index (κ1) is 19.7. The minimum Gasteiger partial charge on any atom is -0.495 e. The van der Waals surface area contributed by atoms with Gasteiger partial charge in [0.25, 0.3) is 5.91 Å². The van der Waals surface area contributed by atoms with E-state index in [0.717, 1.165) is 31.6 Å². The van der Waals surface area contributed by atoms with Crippen molar-refractivity contribution in [1.82, 2.24) is 4.90 Å². The number of para-hydroxylation sites is 2. The molecular formula is C22H27N3O3. The molecule has 2 N–H and O–H groups in total. The van der Waals surface area contributed by atoms with Gasteiger partial charge in [-0.3, -0.25) is 9.59 Å². The number of carbonyl (C=O) groups is 2. The maximum atomic E-state index is 12.6. The summed E-state index contributed by atoms with van der Waals surface area (Å²) >= 11 is 0. The highest BCUT2D eigenvalue weighted by Crippen LogP contribution is 2.23. The maximum Gasteiger partial charge on any atom is 0.253 e. The predicted molar refractivity (Wildman–Crippen MR) is 111 cm³/mol. The van der Waals surface area contributed by atoms with E-state index in [1.54, 1.807) is 31.4 Å². The van der Waals surface area contributed by atoms with E-state index >= 15 is 0 Å². The van der Waals surface area contributed by atoms with Crippen LogP contribution in [0.2, 0.25) is 0 Å². The average Bonchev–Trinajstić information content (AvgIpc) is 2.73. The van der Waals surface area contributed by atoms with Crippen molar-refractivity contribution in [3.05, 3.63) is 54.1 Å². The number of methoxy groups -OCH3 is 1. The third kappa shape index (κ3) is 5.03. The summed E-state index contributed by atoms with van der Waals surface area (Å²) in [5, 5.41) is 5.90. The summed E-state index contributed by atoms with van der Waals surface area (Å²) in [6.07, 6.45) is 2.11.